The van der Waals surface area contributed by atoms with Crippen molar-refractivity contribution < 1.29 is 14.7 Å². The fraction of sp³-hybridized carbons (Fsp3) is 0. The van der Waals surface area contributed by atoms with Gasteiger partial charge in [-0.15, -0.1) is 6.42 Å². The van der Waals surface area contributed by atoms with Gasteiger partial charge in [0.1, 0.15) is 0 Å². The van der Waals surface area contributed by atoms with Gasteiger partial charge < -0.3 is 10.4 Å². The molecular formula is C10H7NO3. The van der Waals surface area contributed by atoms with Gasteiger partial charge in [-0.3, -0.25) is 4.79 Å². The molecule has 0 radical (unpaired) electrons. The van der Waals surface area contributed by atoms with Crippen molar-refractivity contribution in [3.8, 4) is 12.3 Å². The van der Waals surface area contributed by atoms with E-state index in [0.717, 1.165) is 0 Å². The number of aliphatic carboxylic acids is 1. The number of benzene rings is 1. The van der Waals surface area contributed by atoms with Gasteiger partial charge in [0.15, 0.2) is 0 Å². The number of terminal acetylenes is 1. The number of amides is 1. The van der Waals surface area contributed by atoms with Crippen molar-refractivity contribution in [3.05, 3.63) is 29.8 Å². The highest BCUT2D eigenvalue weighted by atomic mass is 16.4. The summed E-state index contributed by atoms with van der Waals surface area (Å²) >= 11 is 0. The Labute approximate surface area is 80.6 Å². The Hall–Kier alpha value is -2.28. The summed E-state index contributed by atoms with van der Waals surface area (Å²) in [5.41, 5.74) is 1.06. The number of carboxylic acid groups (broad SMARTS) is 1. The molecule has 0 spiro atoms. The number of rotatable bonds is 1. The summed E-state index contributed by atoms with van der Waals surface area (Å²) in [4.78, 5) is 20.9. The third-order valence-corrected chi connectivity index (χ3v) is 1.50. The number of hydrogen-bond donors (Lipinski definition) is 2. The average molecular weight is 189 g/mol. The first-order chi connectivity index (χ1) is 6.63. The number of hydrogen-bond acceptors (Lipinski definition) is 2. The summed E-state index contributed by atoms with van der Waals surface area (Å²) in [6.07, 6.45) is 5.12. The fourth-order valence-electron chi connectivity index (χ4n) is 0.834. The molecule has 0 atom stereocenters. The Morgan fingerprint density at radius 3 is 2.29 bits per heavy atom. The maximum Gasteiger partial charge on any atom is 0.394 e. The zero-order chi connectivity index (χ0) is 10.6. The lowest BCUT2D eigenvalue weighted by Gasteiger charge is -2.00. The molecule has 4 heteroatoms. The van der Waals surface area contributed by atoms with E-state index in [9.17, 15) is 9.59 Å². The van der Waals surface area contributed by atoms with Crippen molar-refractivity contribution in [2.45, 2.75) is 0 Å². The monoisotopic (exact) mass is 189 g/mol. The van der Waals surface area contributed by atoms with Gasteiger partial charge in [0.05, 0.1) is 0 Å². The second kappa shape index (κ2) is 4.10. The quantitative estimate of drug-likeness (QED) is 0.504. The molecular weight excluding hydrogens is 182 g/mol. The Bertz CT molecular complexity index is 400. The molecule has 0 aromatic heterocycles. The minimum atomic E-state index is -1.52. The summed E-state index contributed by atoms with van der Waals surface area (Å²) < 4.78 is 0. The van der Waals surface area contributed by atoms with Gasteiger partial charge in [0.2, 0.25) is 0 Å². The highest BCUT2D eigenvalue weighted by Gasteiger charge is 2.10. The molecule has 1 rings (SSSR count). The van der Waals surface area contributed by atoms with Crippen molar-refractivity contribution in [1.82, 2.24) is 0 Å². The van der Waals surface area contributed by atoms with Crippen molar-refractivity contribution in [2.75, 3.05) is 5.32 Å². The number of carbonyl (C=O) groups is 2. The number of anilines is 1. The van der Waals surface area contributed by atoms with Gasteiger partial charge in [-0.05, 0) is 24.3 Å². The van der Waals surface area contributed by atoms with Crippen LogP contribution in [0, 0.1) is 12.3 Å². The first-order valence-corrected chi connectivity index (χ1v) is 3.74. The molecule has 70 valence electrons. The Morgan fingerprint density at radius 2 is 1.86 bits per heavy atom. The molecule has 2 N–H and O–H groups in total. The highest BCUT2D eigenvalue weighted by molar-refractivity contribution is 6.36. The largest absolute Gasteiger partial charge is 0.474 e. The normalized spacial score (nSPS) is 8.79. The molecule has 0 bridgehead atoms. The summed E-state index contributed by atoms with van der Waals surface area (Å²) in [6, 6.07) is 6.29. The van der Waals surface area contributed by atoms with E-state index in [1.54, 1.807) is 12.1 Å². The Morgan fingerprint density at radius 1 is 1.29 bits per heavy atom. The molecule has 0 fully saturated rings. The molecule has 0 unspecified atom stereocenters. The predicted molar refractivity (Wildman–Crippen MR) is 50.6 cm³/mol. The van der Waals surface area contributed by atoms with Crippen LogP contribution in [-0.4, -0.2) is 17.0 Å². The van der Waals surface area contributed by atoms with Gasteiger partial charge in [-0.25, -0.2) is 4.79 Å². The van der Waals surface area contributed by atoms with Crippen LogP contribution in [-0.2, 0) is 9.59 Å². The topological polar surface area (TPSA) is 66.4 Å². The SMILES string of the molecule is C#Cc1ccc(NC(=O)C(=O)O)cc1. The smallest absolute Gasteiger partial charge is 0.394 e. The molecule has 1 aromatic rings. The van der Waals surface area contributed by atoms with E-state index in [4.69, 9.17) is 11.5 Å². The lowest BCUT2D eigenvalue weighted by molar-refractivity contribution is -0.147. The molecule has 0 saturated heterocycles. The van der Waals surface area contributed by atoms with Gasteiger partial charge in [-0.2, -0.15) is 0 Å². The van der Waals surface area contributed by atoms with Crippen molar-refractivity contribution >= 4 is 17.6 Å². The molecule has 0 aliphatic carbocycles. The Kier molecular flexibility index (Phi) is 2.87. The van der Waals surface area contributed by atoms with Crippen molar-refractivity contribution in [2.24, 2.45) is 0 Å². The number of carbonyl (C=O) groups excluding carboxylic acids is 1. The van der Waals surface area contributed by atoms with Crippen LogP contribution >= 0.6 is 0 Å². The first-order valence-electron chi connectivity index (χ1n) is 3.74. The molecule has 0 aliphatic rings. The highest BCUT2D eigenvalue weighted by Crippen LogP contribution is 2.08. The maximum absolute atomic E-state index is 10.7. The molecule has 1 amide bonds. The maximum atomic E-state index is 10.7. The molecule has 14 heavy (non-hydrogen) atoms. The van der Waals surface area contributed by atoms with E-state index >= 15 is 0 Å². The Balaban J connectivity index is 2.75. The van der Waals surface area contributed by atoms with E-state index in [1.807, 2.05) is 0 Å². The summed E-state index contributed by atoms with van der Waals surface area (Å²) in [7, 11) is 0. The van der Waals surface area contributed by atoms with Gasteiger partial charge in [0, 0.05) is 11.3 Å². The standard InChI is InChI=1S/C10H7NO3/c1-2-7-3-5-8(6-4-7)11-9(12)10(13)14/h1,3-6H,(H,11,12)(H,13,14). The summed E-state index contributed by atoms with van der Waals surface area (Å²) in [5, 5.41) is 10.5. The second-order valence-electron chi connectivity index (χ2n) is 2.48. The fourth-order valence-corrected chi connectivity index (χ4v) is 0.834. The summed E-state index contributed by atoms with van der Waals surface area (Å²) in [5.74, 6) is -0.192. The van der Waals surface area contributed by atoms with E-state index in [-0.39, 0.29) is 0 Å². The predicted octanol–water partition coefficient (Wildman–Crippen LogP) is 0.691. The minimum Gasteiger partial charge on any atom is -0.474 e. The third kappa shape index (κ3) is 2.35. The second-order valence-corrected chi connectivity index (χ2v) is 2.48. The third-order valence-electron chi connectivity index (χ3n) is 1.50. The summed E-state index contributed by atoms with van der Waals surface area (Å²) in [6.45, 7) is 0. The van der Waals surface area contributed by atoms with Gasteiger partial charge in [-0.1, -0.05) is 5.92 Å². The molecule has 4 nitrogen and oxygen atoms in total. The molecule has 0 saturated carbocycles. The van der Waals surface area contributed by atoms with Crippen LogP contribution in [0.25, 0.3) is 0 Å². The zero-order valence-corrected chi connectivity index (χ0v) is 7.15. The molecule has 1 aromatic carbocycles. The zero-order valence-electron chi connectivity index (χ0n) is 7.15. The van der Waals surface area contributed by atoms with Crippen LogP contribution in [0.4, 0.5) is 5.69 Å². The van der Waals surface area contributed by atoms with Gasteiger partial charge in [0.25, 0.3) is 0 Å². The van der Waals surface area contributed by atoms with E-state index < -0.39 is 11.9 Å². The van der Waals surface area contributed by atoms with Crippen LogP contribution in [0.15, 0.2) is 24.3 Å². The van der Waals surface area contributed by atoms with E-state index in [0.29, 0.717) is 11.3 Å². The molecule has 0 heterocycles. The number of carboxylic acids is 1. The van der Waals surface area contributed by atoms with Crippen LogP contribution in [0.1, 0.15) is 5.56 Å². The van der Waals surface area contributed by atoms with Crippen LogP contribution in [0.5, 0.6) is 0 Å². The van der Waals surface area contributed by atoms with E-state index in [1.165, 1.54) is 12.1 Å². The average Bonchev–Trinajstić information content (AvgIpc) is 2.19. The van der Waals surface area contributed by atoms with Crippen LogP contribution in [0.3, 0.4) is 0 Å². The van der Waals surface area contributed by atoms with Crippen LogP contribution in [0.2, 0.25) is 0 Å². The minimum absolute atomic E-state index is 0.399. The van der Waals surface area contributed by atoms with Gasteiger partial charge >= 0.3 is 11.9 Å². The van der Waals surface area contributed by atoms with Crippen molar-refractivity contribution in [3.63, 3.8) is 0 Å². The molecule has 0 aliphatic heterocycles. The lowest BCUT2D eigenvalue weighted by Crippen LogP contribution is -2.21. The first kappa shape index (κ1) is 9.81. The van der Waals surface area contributed by atoms with Crippen molar-refractivity contribution in [1.29, 1.82) is 0 Å². The van der Waals surface area contributed by atoms with E-state index in [2.05, 4.69) is 11.2 Å². The van der Waals surface area contributed by atoms with Crippen LogP contribution < -0.4 is 5.32 Å². The lowest BCUT2D eigenvalue weighted by atomic mass is 10.2. The number of nitrogens with one attached hydrogen (secondary N) is 1.